The zero-order valence-electron chi connectivity index (χ0n) is 17.2. The Bertz CT molecular complexity index is 1160. The van der Waals surface area contributed by atoms with Crippen molar-refractivity contribution in [3.8, 4) is 12.3 Å². The average molecular weight is 448 g/mol. The van der Waals surface area contributed by atoms with Crippen LogP contribution in [0.2, 0.25) is 0 Å². The number of aromatic nitrogens is 1. The Hall–Kier alpha value is -3.83. The first-order valence-corrected chi connectivity index (χ1v) is 10.9. The van der Waals surface area contributed by atoms with Gasteiger partial charge >= 0.3 is 6.09 Å². The van der Waals surface area contributed by atoms with Gasteiger partial charge in [-0.2, -0.15) is 0 Å². The summed E-state index contributed by atoms with van der Waals surface area (Å²) in [5.74, 6) is 2.99. The van der Waals surface area contributed by atoms with Crippen LogP contribution in [0.4, 0.5) is 9.80 Å². The van der Waals surface area contributed by atoms with Gasteiger partial charge in [0.2, 0.25) is 5.91 Å². The number of anilines is 1. The Balaban J connectivity index is 1.43. The number of hydrogen-bond donors (Lipinski definition) is 1. The molecule has 0 bridgehead atoms. The van der Waals surface area contributed by atoms with Gasteiger partial charge in [-0.25, -0.2) is 4.79 Å². The summed E-state index contributed by atoms with van der Waals surface area (Å²) >= 11 is 1.44. The molecule has 0 radical (unpaired) electrons. The highest BCUT2D eigenvalue weighted by Gasteiger charge is 2.27. The van der Waals surface area contributed by atoms with Crippen molar-refractivity contribution >= 4 is 34.4 Å². The second kappa shape index (κ2) is 9.98. The largest absolute Gasteiger partial charge is 0.465 e. The molecule has 4 heterocycles. The highest BCUT2D eigenvalue weighted by atomic mass is 32.1. The molecule has 0 spiro atoms. The first-order valence-electron chi connectivity index (χ1n) is 10.0. The van der Waals surface area contributed by atoms with Crippen molar-refractivity contribution in [1.29, 1.82) is 0 Å². The molecule has 2 amide bonds. The van der Waals surface area contributed by atoms with Crippen LogP contribution in [0, 0.1) is 12.3 Å². The Morgan fingerprint density at radius 2 is 2.28 bits per heavy atom. The quantitative estimate of drug-likeness (QED) is 0.451. The van der Waals surface area contributed by atoms with Crippen molar-refractivity contribution in [3.63, 3.8) is 0 Å². The fourth-order valence-electron chi connectivity index (χ4n) is 3.43. The Morgan fingerprint density at radius 3 is 3.03 bits per heavy atom. The van der Waals surface area contributed by atoms with Crippen LogP contribution in [-0.4, -0.2) is 28.4 Å². The van der Waals surface area contributed by atoms with Crippen molar-refractivity contribution in [1.82, 2.24) is 9.88 Å². The van der Waals surface area contributed by atoms with Gasteiger partial charge in [-0.1, -0.05) is 6.07 Å². The molecular weight excluding hydrogens is 426 g/mol. The number of nitrogens with one attached hydrogen (secondary N) is 1. The molecule has 0 saturated carbocycles. The smallest absolute Gasteiger partial charge is 0.410 e. The number of amides is 2. The zero-order chi connectivity index (χ0) is 22.3. The summed E-state index contributed by atoms with van der Waals surface area (Å²) in [5.41, 5.74) is 2.88. The van der Waals surface area contributed by atoms with Crippen LogP contribution in [0.25, 0.3) is 6.08 Å². The molecule has 162 valence electrons. The molecule has 0 atom stereocenters. The summed E-state index contributed by atoms with van der Waals surface area (Å²) in [6.07, 6.45) is 14.2. The fourth-order valence-corrected chi connectivity index (χ4v) is 4.72. The molecule has 0 aromatic carbocycles. The number of carbonyl (C=O) groups excluding carboxylic acids is 2. The number of nitrogens with zero attached hydrogens (tertiary/aromatic N) is 2. The molecule has 4 rings (SSSR count). The number of thiophene rings is 1. The predicted octanol–water partition coefficient (Wildman–Crippen LogP) is 4.26. The summed E-state index contributed by atoms with van der Waals surface area (Å²) < 4.78 is 10.6. The molecule has 0 saturated heterocycles. The molecule has 1 N–H and O–H groups in total. The lowest BCUT2D eigenvalue weighted by molar-refractivity contribution is -0.111. The number of furan rings is 1. The van der Waals surface area contributed by atoms with E-state index in [0.29, 0.717) is 36.7 Å². The minimum atomic E-state index is -0.377. The zero-order valence-corrected chi connectivity index (χ0v) is 18.1. The van der Waals surface area contributed by atoms with Crippen LogP contribution in [0.3, 0.4) is 0 Å². The molecule has 1 aliphatic heterocycles. The van der Waals surface area contributed by atoms with E-state index < -0.39 is 0 Å². The molecule has 3 aromatic heterocycles. The number of ether oxygens (including phenoxy) is 1. The first-order chi connectivity index (χ1) is 15.6. The van der Waals surface area contributed by atoms with Gasteiger partial charge in [0.05, 0.1) is 17.8 Å². The third-order valence-corrected chi connectivity index (χ3v) is 6.14. The molecule has 7 nitrogen and oxygen atoms in total. The third kappa shape index (κ3) is 5.07. The highest BCUT2D eigenvalue weighted by molar-refractivity contribution is 7.16. The van der Waals surface area contributed by atoms with Crippen molar-refractivity contribution < 1.29 is 18.7 Å². The molecular formula is C24H21N3O4S. The molecule has 1 aliphatic rings. The molecule has 0 fully saturated rings. The van der Waals surface area contributed by atoms with Crippen LogP contribution >= 0.6 is 11.3 Å². The number of fused-ring (bicyclic) bond motifs is 1. The summed E-state index contributed by atoms with van der Waals surface area (Å²) in [7, 11) is 0. The third-order valence-electron chi connectivity index (χ3n) is 4.97. The van der Waals surface area contributed by atoms with E-state index in [0.717, 1.165) is 21.6 Å². The maximum absolute atomic E-state index is 12.5. The van der Waals surface area contributed by atoms with E-state index >= 15 is 0 Å². The summed E-state index contributed by atoms with van der Waals surface area (Å²) in [6, 6.07) is 7.17. The second-order valence-electron chi connectivity index (χ2n) is 7.12. The highest BCUT2D eigenvalue weighted by Crippen LogP contribution is 2.37. The average Bonchev–Trinajstić information content (AvgIpc) is 3.45. The van der Waals surface area contributed by atoms with E-state index in [4.69, 9.17) is 15.6 Å². The van der Waals surface area contributed by atoms with Crippen LogP contribution in [0.15, 0.2) is 53.4 Å². The lowest BCUT2D eigenvalue weighted by atomic mass is 10.0. The summed E-state index contributed by atoms with van der Waals surface area (Å²) in [5, 5.41) is 3.64. The van der Waals surface area contributed by atoms with Gasteiger partial charge < -0.3 is 19.4 Å². The van der Waals surface area contributed by atoms with E-state index in [9.17, 15) is 9.59 Å². The first kappa shape index (κ1) is 21.4. The van der Waals surface area contributed by atoms with Crippen LogP contribution in [0.1, 0.15) is 27.3 Å². The van der Waals surface area contributed by atoms with Crippen LogP contribution in [0.5, 0.6) is 0 Å². The maximum atomic E-state index is 12.5. The van der Waals surface area contributed by atoms with E-state index in [1.54, 1.807) is 47.8 Å². The summed E-state index contributed by atoms with van der Waals surface area (Å²) in [6.45, 7) is 1.12. The van der Waals surface area contributed by atoms with Gasteiger partial charge in [0.1, 0.15) is 12.4 Å². The van der Waals surface area contributed by atoms with Gasteiger partial charge in [-0.3, -0.25) is 9.78 Å². The number of carbonyl (C=O) groups is 2. The van der Waals surface area contributed by atoms with Gasteiger partial charge in [0.15, 0.2) is 0 Å². The second-order valence-corrected chi connectivity index (χ2v) is 8.22. The van der Waals surface area contributed by atoms with Crippen LogP contribution < -0.4 is 5.32 Å². The minimum absolute atomic E-state index is 0.173. The number of rotatable bonds is 6. The van der Waals surface area contributed by atoms with Crippen molar-refractivity contribution in [3.05, 3.63) is 76.3 Å². The monoisotopic (exact) mass is 447 g/mol. The minimum Gasteiger partial charge on any atom is -0.465 e. The molecule has 8 heteroatoms. The molecule has 0 unspecified atom stereocenters. The van der Waals surface area contributed by atoms with E-state index in [1.807, 2.05) is 6.07 Å². The number of terminal acetylenes is 1. The molecule has 3 aromatic rings. The number of pyridine rings is 1. The topological polar surface area (TPSA) is 84.7 Å². The van der Waals surface area contributed by atoms with E-state index in [1.165, 1.54) is 17.4 Å². The standard InChI is InChI=1S/C24H21N3O4S/c1-2-5-20-19-10-12-27(24(29)31-16-17-6-3-11-25-14-17)15-21(19)32-23(20)26-22(28)9-8-18-7-4-13-30-18/h1,3-4,6-9,11,13-14H,5,10,12,15-16H2,(H,26,28)/b9-8+. The SMILES string of the molecule is C#CCc1c(NC(=O)/C=C/c2ccco2)sc2c1CCN(C(=O)OCc1cccnc1)C2. The van der Waals surface area contributed by atoms with Crippen molar-refractivity contribution in [2.24, 2.45) is 0 Å². The lowest BCUT2D eigenvalue weighted by Crippen LogP contribution is -2.35. The van der Waals surface area contributed by atoms with Gasteiger partial charge in [-0.15, -0.1) is 23.7 Å². The molecule has 0 aliphatic carbocycles. The Kier molecular flexibility index (Phi) is 6.68. The van der Waals surface area contributed by atoms with Gasteiger partial charge in [0.25, 0.3) is 0 Å². The van der Waals surface area contributed by atoms with E-state index in [2.05, 4.69) is 16.2 Å². The van der Waals surface area contributed by atoms with Gasteiger partial charge in [-0.05, 0) is 36.3 Å². The Morgan fingerprint density at radius 1 is 1.38 bits per heavy atom. The normalized spacial score (nSPS) is 12.9. The maximum Gasteiger partial charge on any atom is 0.410 e. The number of hydrogen-bond acceptors (Lipinski definition) is 6. The van der Waals surface area contributed by atoms with Gasteiger partial charge in [0, 0.05) is 47.4 Å². The lowest BCUT2D eigenvalue weighted by Gasteiger charge is -2.26. The summed E-state index contributed by atoms with van der Waals surface area (Å²) in [4.78, 5) is 31.6. The predicted molar refractivity (Wildman–Crippen MR) is 122 cm³/mol. The van der Waals surface area contributed by atoms with Crippen molar-refractivity contribution in [2.75, 3.05) is 11.9 Å². The van der Waals surface area contributed by atoms with E-state index in [-0.39, 0.29) is 18.6 Å². The van der Waals surface area contributed by atoms with Crippen LogP contribution in [-0.2, 0) is 35.5 Å². The Labute approximate surface area is 189 Å². The fraction of sp³-hybridized carbons (Fsp3) is 0.208. The van der Waals surface area contributed by atoms with Crippen molar-refractivity contribution in [2.45, 2.75) is 26.0 Å². The molecule has 32 heavy (non-hydrogen) atoms.